The number of nitrogens with one attached hydrogen (secondary N) is 2. The molecule has 0 saturated heterocycles. The molecule has 0 spiro atoms. The van der Waals surface area contributed by atoms with E-state index in [4.69, 9.17) is 5.11 Å². The van der Waals surface area contributed by atoms with Crippen LogP contribution in [0.25, 0.3) is 11.3 Å². The molecule has 0 aromatic carbocycles. The van der Waals surface area contributed by atoms with E-state index in [1.54, 1.807) is 19.4 Å². The van der Waals surface area contributed by atoms with Gasteiger partial charge in [0.05, 0.1) is 5.69 Å². The minimum absolute atomic E-state index is 0.390. The van der Waals surface area contributed by atoms with E-state index in [2.05, 4.69) is 20.3 Å². The van der Waals surface area contributed by atoms with Crippen LogP contribution in [0.2, 0.25) is 0 Å². The van der Waals surface area contributed by atoms with E-state index < -0.39 is 12.0 Å². The van der Waals surface area contributed by atoms with E-state index in [1.807, 2.05) is 19.1 Å². The third-order valence-electron chi connectivity index (χ3n) is 2.65. The van der Waals surface area contributed by atoms with Crippen LogP contribution >= 0.6 is 0 Å². The maximum atomic E-state index is 11.1. The van der Waals surface area contributed by atoms with Gasteiger partial charge in [-0.1, -0.05) is 0 Å². The number of rotatable bonds is 4. The van der Waals surface area contributed by atoms with E-state index in [9.17, 15) is 4.79 Å². The molecule has 0 amide bonds. The average molecular weight is 246 g/mol. The molecule has 2 rings (SSSR count). The summed E-state index contributed by atoms with van der Waals surface area (Å²) in [4.78, 5) is 22.4. The second-order valence-electron chi connectivity index (χ2n) is 3.90. The van der Waals surface area contributed by atoms with Crippen molar-refractivity contribution in [1.29, 1.82) is 0 Å². The topological polar surface area (TPSA) is 90.9 Å². The van der Waals surface area contributed by atoms with Crippen LogP contribution in [-0.4, -0.2) is 33.1 Å². The summed E-state index contributed by atoms with van der Waals surface area (Å²) in [6.07, 6.45) is 3.38. The van der Waals surface area contributed by atoms with E-state index in [-0.39, 0.29) is 0 Å². The zero-order valence-corrected chi connectivity index (χ0v) is 10.1. The molecule has 2 aromatic rings. The Hall–Kier alpha value is -2.21. The molecule has 0 saturated carbocycles. The van der Waals surface area contributed by atoms with Crippen LogP contribution in [0.4, 0.5) is 0 Å². The number of aromatic amines is 1. The molecular weight excluding hydrogens is 232 g/mol. The standard InChI is InChI=1S/C12H14N4O2/c1-7-9(8-4-3-5-14-6-8)16-11(15-7)10(13-2)12(17)18/h3-6,10,13H,1-2H3,(H,15,16)(H,17,18). The normalized spacial score (nSPS) is 12.3. The number of pyridine rings is 1. The fourth-order valence-electron chi connectivity index (χ4n) is 1.78. The van der Waals surface area contributed by atoms with Crippen molar-refractivity contribution < 1.29 is 9.90 Å². The highest BCUT2D eigenvalue weighted by atomic mass is 16.4. The molecule has 0 bridgehead atoms. The number of carboxylic acids is 1. The summed E-state index contributed by atoms with van der Waals surface area (Å²) >= 11 is 0. The summed E-state index contributed by atoms with van der Waals surface area (Å²) < 4.78 is 0. The Bertz CT molecular complexity index is 550. The fraction of sp³-hybridized carbons (Fsp3) is 0.250. The quantitative estimate of drug-likeness (QED) is 0.752. The first-order valence-electron chi connectivity index (χ1n) is 5.50. The maximum absolute atomic E-state index is 11.1. The van der Waals surface area contributed by atoms with Crippen LogP contribution in [0.1, 0.15) is 17.6 Å². The molecule has 1 atom stereocenters. The van der Waals surface area contributed by atoms with Crippen molar-refractivity contribution in [1.82, 2.24) is 20.3 Å². The Morgan fingerprint density at radius 2 is 2.33 bits per heavy atom. The van der Waals surface area contributed by atoms with Crippen molar-refractivity contribution in [2.24, 2.45) is 0 Å². The van der Waals surface area contributed by atoms with Gasteiger partial charge in [-0.05, 0) is 26.1 Å². The van der Waals surface area contributed by atoms with Crippen molar-refractivity contribution in [3.63, 3.8) is 0 Å². The van der Waals surface area contributed by atoms with Gasteiger partial charge in [0.2, 0.25) is 0 Å². The van der Waals surface area contributed by atoms with Gasteiger partial charge in [0, 0.05) is 23.7 Å². The first kappa shape index (κ1) is 12.3. The van der Waals surface area contributed by atoms with Crippen molar-refractivity contribution >= 4 is 5.97 Å². The molecule has 0 fully saturated rings. The minimum atomic E-state index is -0.969. The monoisotopic (exact) mass is 246 g/mol. The van der Waals surface area contributed by atoms with Gasteiger partial charge < -0.3 is 15.4 Å². The number of aliphatic carboxylic acids is 1. The number of imidazole rings is 1. The van der Waals surface area contributed by atoms with Crippen LogP contribution in [0.5, 0.6) is 0 Å². The van der Waals surface area contributed by atoms with Crippen LogP contribution in [0, 0.1) is 6.92 Å². The number of hydrogen-bond donors (Lipinski definition) is 3. The van der Waals surface area contributed by atoms with Gasteiger partial charge in [-0.15, -0.1) is 0 Å². The van der Waals surface area contributed by atoms with Gasteiger partial charge >= 0.3 is 5.97 Å². The smallest absolute Gasteiger partial charge is 0.328 e. The molecule has 94 valence electrons. The highest BCUT2D eigenvalue weighted by Gasteiger charge is 2.22. The minimum Gasteiger partial charge on any atom is -0.480 e. The highest BCUT2D eigenvalue weighted by molar-refractivity contribution is 5.75. The van der Waals surface area contributed by atoms with Crippen molar-refractivity contribution in [2.45, 2.75) is 13.0 Å². The summed E-state index contributed by atoms with van der Waals surface area (Å²) in [6, 6.07) is 2.86. The largest absolute Gasteiger partial charge is 0.480 e. The summed E-state index contributed by atoms with van der Waals surface area (Å²) in [5, 5.41) is 11.8. The van der Waals surface area contributed by atoms with Crippen LogP contribution in [0.3, 0.4) is 0 Å². The number of nitrogens with zero attached hydrogens (tertiary/aromatic N) is 2. The molecule has 6 heteroatoms. The summed E-state index contributed by atoms with van der Waals surface area (Å²) in [5.74, 6) is -0.578. The SMILES string of the molecule is CNC(C(=O)O)c1nc(-c2cccnc2)c(C)[nH]1. The van der Waals surface area contributed by atoms with Gasteiger partial charge in [-0.2, -0.15) is 0 Å². The molecular formula is C12H14N4O2. The fourth-order valence-corrected chi connectivity index (χ4v) is 1.78. The lowest BCUT2D eigenvalue weighted by Gasteiger charge is -2.06. The number of likely N-dealkylation sites (N-methyl/N-ethyl adjacent to an activating group) is 1. The van der Waals surface area contributed by atoms with Gasteiger partial charge in [0.25, 0.3) is 0 Å². The summed E-state index contributed by atoms with van der Waals surface area (Å²) in [7, 11) is 1.58. The number of carbonyl (C=O) groups is 1. The Balaban J connectivity index is 2.41. The van der Waals surface area contributed by atoms with Crippen molar-refractivity contribution in [3.8, 4) is 11.3 Å². The lowest BCUT2D eigenvalue weighted by atomic mass is 10.2. The Kier molecular flexibility index (Phi) is 3.38. The number of H-pyrrole nitrogens is 1. The van der Waals surface area contributed by atoms with E-state index in [0.29, 0.717) is 5.82 Å². The molecule has 3 N–H and O–H groups in total. The average Bonchev–Trinajstić information content (AvgIpc) is 2.73. The van der Waals surface area contributed by atoms with Gasteiger partial charge in [-0.25, -0.2) is 4.98 Å². The van der Waals surface area contributed by atoms with Gasteiger partial charge in [-0.3, -0.25) is 9.78 Å². The predicted molar refractivity (Wildman–Crippen MR) is 66.0 cm³/mol. The number of aromatic nitrogens is 3. The van der Waals surface area contributed by atoms with Crippen LogP contribution < -0.4 is 5.32 Å². The predicted octanol–water partition coefficient (Wildman–Crippen LogP) is 1.13. The Morgan fingerprint density at radius 1 is 1.56 bits per heavy atom. The number of carboxylic acid groups (broad SMARTS) is 1. The third kappa shape index (κ3) is 2.23. The second kappa shape index (κ2) is 4.97. The molecule has 0 radical (unpaired) electrons. The molecule has 2 aromatic heterocycles. The van der Waals surface area contributed by atoms with Gasteiger partial charge in [0.1, 0.15) is 5.82 Å². The highest BCUT2D eigenvalue weighted by Crippen LogP contribution is 2.22. The first-order chi connectivity index (χ1) is 8.63. The van der Waals surface area contributed by atoms with Crippen LogP contribution in [-0.2, 0) is 4.79 Å². The zero-order chi connectivity index (χ0) is 13.1. The Labute approximate surface area is 104 Å². The summed E-state index contributed by atoms with van der Waals surface area (Å²) in [5.41, 5.74) is 2.40. The summed E-state index contributed by atoms with van der Waals surface area (Å²) in [6.45, 7) is 1.85. The number of hydrogen-bond acceptors (Lipinski definition) is 4. The van der Waals surface area contributed by atoms with Crippen molar-refractivity contribution in [2.75, 3.05) is 7.05 Å². The van der Waals surface area contributed by atoms with E-state index >= 15 is 0 Å². The van der Waals surface area contributed by atoms with Crippen molar-refractivity contribution in [3.05, 3.63) is 36.0 Å². The third-order valence-corrected chi connectivity index (χ3v) is 2.65. The lowest BCUT2D eigenvalue weighted by molar-refractivity contribution is -0.139. The van der Waals surface area contributed by atoms with Gasteiger partial charge in [0.15, 0.2) is 6.04 Å². The lowest BCUT2D eigenvalue weighted by Crippen LogP contribution is -2.26. The number of aryl methyl sites for hydroxylation is 1. The second-order valence-corrected chi connectivity index (χ2v) is 3.90. The molecule has 2 heterocycles. The maximum Gasteiger partial charge on any atom is 0.328 e. The van der Waals surface area contributed by atoms with E-state index in [0.717, 1.165) is 17.0 Å². The first-order valence-corrected chi connectivity index (χ1v) is 5.50. The Morgan fingerprint density at radius 3 is 2.89 bits per heavy atom. The molecule has 18 heavy (non-hydrogen) atoms. The molecule has 6 nitrogen and oxygen atoms in total. The van der Waals surface area contributed by atoms with E-state index in [1.165, 1.54) is 0 Å². The molecule has 1 unspecified atom stereocenters. The molecule has 0 aliphatic heterocycles. The van der Waals surface area contributed by atoms with Crippen LogP contribution in [0.15, 0.2) is 24.5 Å². The molecule has 0 aliphatic rings. The molecule has 0 aliphatic carbocycles. The zero-order valence-electron chi connectivity index (χ0n) is 10.1.